The lowest BCUT2D eigenvalue weighted by Gasteiger charge is -1.99. The van der Waals surface area contributed by atoms with Gasteiger partial charge in [0.25, 0.3) is 11.8 Å². The SMILES string of the molecule is O=C1NC(=O)c2cc(-c3ccc(C=NO)o3)ccc21. The maximum atomic E-state index is 11.6. The van der Waals surface area contributed by atoms with Crippen molar-refractivity contribution in [3.05, 3.63) is 47.2 Å². The minimum atomic E-state index is -0.412. The fourth-order valence-electron chi connectivity index (χ4n) is 1.96. The van der Waals surface area contributed by atoms with E-state index in [1.54, 1.807) is 30.3 Å². The van der Waals surface area contributed by atoms with Crippen LogP contribution in [0, 0.1) is 0 Å². The molecule has 2 heterocycles. The minimum Gasteiger partial charge on any atom is -0.455 e. The molecule has 2 N–H and O–H groups in total. The summed E-state index contributed by atoms with van der Waals surface area (Å²) in [7, 11) is 0. The van der Waals surface area contributed by atoms with Crippen LogP contribution in [0.2, 0.25) is 0 Å². The first-order valence-electron chi connectivity index (χ1n) is 5.46. The van der Waals surface area contributed by atoms with Crippen LogP contribution in [0.5, 0.6) is 0 Å². The number of benzene rings is 1. The number of nitrogens with zero attached hydrogens (tertiary/aromatic N) is 1. The highest BCUT2D eigenvalue weighted by Crippen LogP contribution is 2.26. The van der Waals surface area contributed by atoms with Gasteiger partial charge in [0.2, 0.25) is 0 Å². The van der Waals surface area contributed by atoms with Gasteiger partial charge in [0.1, 0.15) is 17.7 Å². The molecule has 0 fully saturated rings. The molecule has 0 saturated carbocycles. The largest absolute Gasteiger partial charge is 0.455 e. The van der Waals surface area contributed by atoms with E-state index in [0.717, 1.165) is 6.21 Å². The minimum absolute atomic E-state index is 0.330. The third-order valence-corrected chi connectivity index (χ3v) is 2.83. The molecule has 2 aromatic rings. The number of nitrogens with one attached hydrogen (secondary N) is 1. The van der Waals surface area contributed by atoms with E-state index in [0.29, 0.717) is 28.2 Å². The van der Waals surface area contributed by atoms with Crippen LogP contribution in [-0.4, -0.2) is 23.2 Å². The molecule has 6 heteroatoms. The standard InChI is InChI=1S/C13H8N2O4/c16-12-9-3-1-7(5-10(9)13(17)15-12)11-4-2-8(19-11)6-14-18/h1-6,18H,(H,15,16,17). The van der Waals surface area contributed by atoms with Crippen LogP contribution in [0.25, 0.3) is 11.3 Å². The quantitative estimate of drug-likeness (QED) is 0.370. The molecule has 0 radical (unpaired) electrons. The molecule has 94 valence electrons. The second kappa shape index (κ2) is 4.09. The lowest BCUT2D eigenvalue weighted by Crippen LogP contribution is -2.19. The summed E-state index contributed by atoms with van der Waals surface area (Å²) in [5.41, 5.74) is 1.36. The van der Waals surface area contributed by atoms with Gasteiger partial charge in [-0.1, -0.05) is 11.2 Å². The van der Waals surface area contributed by atoms with Gasteiger partial charge in [-0.2, -0.15) is 0 Å². The molecule has 0 bridgehead atoms. The molecule has 1 aromatic heterocycles. The molecule has 6 nitrogen and oxygen atoms in total. The molecule has 0 spiro atoms. The van der Waals surface area contributed by atoms with Crippen LogP contribution < -0.4 is 5.32 Å². The summed E-state index contributed by atoms with van der Waals surface area (Å²) in [4.78, 5) is 23.0. The molecule has 19 heavy (non-hydrogen) atoms. The van der Waals surface area contributed by atoms with Crippen molar-refractivity contribution in [3.63, 3.8) is 0 Å². The van der Waals surface area contributed by atoms with Crippen LogP contribution in [0.4, 0.5) is 0 Å². The molecular weight excluding hydrogens is 248 g/mol. The Morgan fingerprint density at radius 3 is 2.68 bits per heavy atom. The van der Waals surface area contributed by atoms with Gasteiger partial charge in [0.15, 0.2) is 0 Å². The molecule has 3 rings (SSSR count). The molecule has 0 saturated heterocycles. The summed E-state index contributed by atoms with van der Waals surface area (Å²) in [6.07, 6.45) is 1.16. The normalized spacial score (nSPS) is 13.9. The van der Waals surface area contributed by atoms with Crippen molar-refractivity contribution in [2.75, 3.05) is 0 Å². The van der Waals surface area contributed by atoms with Crippen molar-refractivity contribution in [2.45, 2.75) is 0 Å². The van der Waals surface area contributed by atoms with Crippen molar-refractivity contribution in [1.29, 1.82) is 0 Å². The summed E-state index contributed by atoms with van der Waals surface area (Å²) in [5, 5.41) is 13.5. The predicted octanol–water partition coefficient (Wildman–Crippen LogP) is 1.64. The topological polar surface area (TPSA) is 91.9 Å². The van der Waals surface area contributed by atoms with E-state index in [4.69, 9.17) is 9.62 Å². The molecule has 2 amide bonds. The number of furan rings is 1. The van der Waals surface area contributed by atoms with Gasteiger partial charge in [-0.15, -0.1) is 0 Å². The first-order chi connectivity index (χ1) is 9.19. The molecule has 0 unspecified atom stereocenters. The Bertz CT molecular complexity index is 715. The van der Waals surface area contributed by atoms with Crippen molar-refractivity contribution in [2.24, 2.45) is 5.16 Å². The fourth-order valence-corrected chi connectivity index (χ4v) is 1.96. The van der Waals surface area contributed by atoms with E-state index in [1.807, 2.05) is 0 Å². The van der Waals surface area contributed by atoms with Crippen molar-refractivity contribution >= 4 is 18.0 Å². The summed E-state index contributed by atoms with van der Waals surface area (Å²) < 4.78 is 5.41. The smallest absolute Gasteiger partial charge is 0.258 e. The lowest BCUT2D eigenvalue weighted by molar-refractivity contribution is 0.0879. The summed E-state index contributed by atoms with van der Waals surface area (Å²) in [6, 6.07) is 8.18. The van der Waals surface area contributed by atoms with Gasteiger partial charge in [-0.25, -0.2) is 0 Å². The van der Waals surface area contributed by atoms with Crippen LogP contribution in [0.3, 0.4) is 0 Å². The Hall–Kier alpha value is -2.89. The maximum Gasteiger partial charge on any atom is 0.258 e. The van der Waals surface area contributed by atoms with Gasteiger partial charge in [-0.3, -0.25) is 14.9 Å². The fraction of sp³-hybridized carbons (Fsp3) is 0. The average molecular weight is 256 g/mol. The molecular formula is C13H8N2O4. The Kier molecular flexibility index (Phi) is 2.42. The van der Waals surface area contributed by atoms with Gasteiger partial charge in [-0.05, 0) is 24.3 Å². The van der Waals surface area contributed by atoms with Crippen molar-refractivity contribution < 1.29 is 19.2 Å². The maximum absolute atomic E-state index is 11.6. The highest BCUT2D eigenvalue weighted by Gasteiger charge is 2.27. The van der Waals surface area contributed by atoms with E-state index in [2.05, 4.69) is 10.5 Å². The predicted molar refractivity (Wildman–Crippen MR) is 65.3 cm³/mol. The molecule has 1 aromatic carbocycles. The zero-order valence-electron chi connectivity index (χ0n) is 9.58. The highest BCUT2D eigenvalue weighted by molar-refractivity contribution is 6.21. The highest BCUT2D eigenvalue weighted by atomic mass is 16.4. The van der Waals surface area contributed by atoms with Crippen molar-refractivity contribution in [3.8, 4) is 11.3 Å². The van der Waals surface area contributed by atoms with Gasteiger partial charge >= 0.3 is 0 Å². The van der Waals surface area contributed by atoms with E-state index in [-0.39, 0.29) is 5.91 Å². The summed E-state index contributed by atoms with van der Waals surface area (Å²) in [5.74, 6) is 0.105. The number of amides is 2. The van der Waals surface area contributed by atoms with E-state index < -0.39 is 5.91 Å². The monoisotopic (exact) mass is 256 g/mol. The van der Waals surface area contributed by atoms with Crippen LogP contribution in [0.15, 0.2) is 39.9 Å². The molecule has 1 aliphatic rings. The zero-order valence-corrected chi connectivity index (χ0v) is 9.58. The molecule has 0 aliphatic carbocycles. The van der Waals surface area contributed by atoms with Gasteiger partial charge < -0.3 is 9.62 Å². The Morgan fingerprint density at radius 2 is 1.89 bits per heavy atom. The van der Waals surface area contributed by atoms with Crippen LogP contribution >= 0.6 is 0 Å². The molecule has 1 aliphatic heterocycles. The second-order valence-corrected chi connectivity index (χ2v) is 3.99. The first-order valence-corrected chi connectivity index (χ1v) is 5.46. The Morgan fingerprint density at radius 1 is 1.11 bits per heavy atom. The number of hydrogen-bond donors (Lipinski definition) is 2. The Labute approximate surface area is 107 Å². The zero-order chi connectivity index (χ0) is 13.4. The second-order valence-electron chi connectivity index (χ2n) is 3.99. The first kappa shape index (κ1) is 11.2. The summed E-state index contributed by atoms with van der Waals surface area (Å²) >= 11 is 0. The van der Waals surface area contributed by atoms with Crippen LogP contribution in [0.1, 0.15) is 26.5 Å². The molecule has 0 atom stereocenters. The van der Waals surface area contributed by atoms with Crippen LogP contribution in [-0.2, 0) is 0 Å². The number of imide groups is 1. The number of rotatable bonds is 2. The third kappa shape index (κ3) is 1.79. The van der Waals surface area contributed by atoms with Gasteiger partial charge in [0, 0.05) is 5.56 Å². The van der Waals surface area contributed by atoms with Gasteiger partial charge in [0.05, 0.1) is 11.1 Å². The summed E-state index contributed by atoms with van der Waals surface area (Å²) in [6.45, 7) is 0. The lowest BCUT2D eigenvalue weighted by atomic mass is 10.0. The Balaban J connectivity index is 2.04. The average Bonchev–Trinajstić information content (AvgIpc) is 2.96. The van der Waals surface area contributed by atoms with E-state index in [9.17, 15) is 9.59 Å². The van der Waals surface area contributed by atoms with E-state index >= 15 is 0 Å². The number of hydrogen-bond acceptors (Lipinski definition) is 5. The third-order valence-electron chi connectivity index (χ3n) is 2.83. The van der Waals surface area contributed by atoms with Crippen molar-refractivity contribution in [1.82, 2.24) is 5.32 Å². The number of oxime groups is 1. The number of fused-ring (bicyclic) bond motifs is 1. The number of carbonyl (C=O) groups excluding carboxylic acids is 2. The van der Waals surface area contributed by atoms with E-state index in [1.165, 1.54) is 0 Å². The number of carbonyl (C=O) groups is 2.